The fourth-order valence-corrected chi connectivity index (χ4v) is 2.69. The SMILES string of the molecule is Cc1ccc(C(C)N(C)C(=O)c2cc(Br)cn2C)cc1. The first-order chi connectivity index (χ1) is 9.40. The van der Waals surface area contributed by atoms with Gasteiger partial charge in [-0.1, -0.05) is 29.8 Å². The summed E-state index contributed by atoms with van der Waals surface area (Å²) in [7, 11) is 3.72. The van der Waals surface area contributed by atoms with Crippen molar-refractivity contribution in [1.82, 2.24) is 9.47 Å². The Morgan fingerprint density at radius 3 is 2.40 bits per heavy atom. The molecule has 0 aliphatic carbocycles. The third kappa shape index (κ3) is 2.96. The Bertz CT molecular complexity index is 616. The van der Waals surface area contributed by atoms with Crippen molar-refractivity contribution in [2.75, 3.05) is 7.05 Å². The molecular formula is C16H19BrN2O. The lowest BCUT2D eigenvalue weighted by molar-refractivity contribution is 0.0733. The normalized spacial score (nSPS) is 12.2. The van der Waals surface area contributed by atoms with Gasteiger partial charge in [-0.3, -0.25) is 4.79 Å². The molecule has 106 valence electrons. The van der Waals surface area contributed by atoms with Crippen LogP contribution in [0.25, 0.3) is 0 Å². The molecule has 0 N–H and O–H groups in total. The molecule has 0 bridgehead atoms. The Morgan fingerprint density at radius 2 is 1.90 bits per heavy atom. The predicted molar refractivity (Wildman–Crippen MR) is 84.8 cm³/mol. The van der Waals surface area contributed by atoms with Crippen LogP contribution < -0.4 is 0 Å². The van der Waals surface area contributed by atoms with Gasteiger partial charge in [0, 0.05) is 24.8 Å². The number of halogens is 1. The lowest BCUT2D eigenvalue weighted by atomic mass is 10.1. The average molecular weight is 335 g/mol. The van der Waals surface area contributed by atoms with Crippen LogP contribution in [0.5, 0.6) is 0 Å². The Balaban J connectivity index is 2.22. The average Bonchev–Trinajstić information content (AvgIpc) is 2.76. The van der Waals surface area contributed by atoms with Crippen LogP contribution >= 0.6 is 15.9 Å². The number of rotatable bonds is 3. The van der Waals surface area contributed by atoms with Crippen LogP contribution in [-0.2, 0) is 7.05 Å². The van der Waals surface area contributed by atoms with Gasteiger partial charge in [0.2, 0.25) is 0 Å². The number of carbonyl (C=O) groups is 1. The Hall–Kier alpha value is -1.55. The molecule has 0 saturated heterocycles. The van der Waals surface area contributed by atoms with Gasteiger partial charge in [0.15, 0.2) is 0 Å². The fourth-order valence-electron chi connectivity index (χ4n) is 2.16. The second-order valence-corrected chi connectivity index (χ2v) is 6.07. The first-order valence-corrected chi connectivity index (χ1v) is 7.35. The van der Waals surface area contributed by atoms with E-state index in [0.29, 0.717) is 5.69 Å². The van der Waals surface area contributed by atoms with E-state index in [9.17, 15) is 4.79 Å². The van der Waals surface area contributed by atoms with Gasteiger partial charge in [0.25, 0.3) is 5.91 Å². The Morgan fingerprint density at radius 1 is 1.30 bits per heavy atom. The van der Waals surface area contributed by atoms with Crippen molar-refractivity contribution in [3.63, 3.8) is 0 Å². The number of carbonyl (C=O) groups excluding carboxylic acids is 1. The molecule has 1 amide bonds. The zero-order valence-corrected chi connectivity index (χ0v) is 13.8. The van der Waals surface area contributed by atoms with Crippen LogP contribution in [0.2, 0.25) is 0 Å². The van der Waals surface area contributed by atoms with Crippen LogP contribution in [-0.4, -0.2) is 22.4 Å². The second-order valence-electron chi connectivity index (χ2n) is 5.16. The van der Waals surface area contributed by atoms with Crippen molar-refractivity contribution in [3.05, 3.63) is 57.8 Å². The molecule has 1 unspecified atom stereocenters. The maximum atomic E-state index is 12.5. The molecule has 2 aromatic rings. The molecule has 0 aliphatic rings. The fraction of sp³-hybridized carbons (Fsp3) is 0.312. The van der Waals surface area contributed by atoms with Gasteiger partial charge in [0.1, 0.15) is 5.69 Å². The highest BCUT2D eigenvalue weighted by atomic mass is 79.9. The number of hydrogen-bond donors (Lipinski definition) is 0. The molecule has 20 heavy (non-hydrogen) atoms. The van der Waals surface area contributed by atoms with Crippen molar-refractivity contribution in [2.45, 2.75) is 19.9 Å². The van der Waals surface area contributed by atoms with E-state index in [1.54, 1.807) is 4.90 Å². The molecule has 0 aliphatic heterocycles. The topological polar surface area (TPSA) is 25.2 Å². The monoisotopic (exact) mass is 334 g/mol. The summed E-state index contributed by atoms with van der Waals surface area (Å²) in [5.74, 6) is 0.0197. The molecule has 1 heterocycles. The molecule has 1 aromatic heterocycles. The van der Waals surface area contributed by atoms with E-state index in [2.05, 4.69) is 47.1 Å². The highest BCUT2D eigenvalue weighted by molar-refractivity contribution is 9.10. The molecule has 0 saturated carbocycles. The summed E-state index contributed by atoms with van der Waals surface area (Å²) in [6.45, 7) is 4.10. The zero-order valence-electron chi connectivity index (χ0n) is 12.2. The minimum absolute atomic E-state index is 0.0197. The summed E-state index contributed by atoms with van der Waals surface area (Å²) < 4.78 is 2.75. The third-order valence-corrected chi connectivity index (χ3v) is 4.09. The standard InChI is InChI=1S/C16H19BrN2O/c1-11-5-7-13(8-6-11)12(2)19(4)16(20)15-9-14(17)10-18(15)3/h5-10,12H,1-4H3. The second kappa shape index (κ2) is 5.83. The summed E-state index contributed by atoms with van der Waals surface area (Å²) >= 11 is 3.40. The van der Waals surface area contributed by atoms with Crippen LogP contribution in [0.15, 0.2) is 41.0 Å². The summed E-state index contributed by atoms with van der Waals surface area (Å²) in [6.07, 6.45) is 1.89. The van der Waals surface area contributed by atoms with E-state index < -0.39 is 0 Å². The quantitative estimate of drug-likeness (QED) is 0.834. The number of hydrogen-bond acceptors (Lipinski definition) is 1. The lowest BCUT2D eigenvalue weighted by Gasteiger charge is -2.25. The molecule has 3 nitrogen and oxygen atoms in total. The van der Waals surface area contributed by atoms with E-state index >= 15 is 0 Å². The largest absolute Gasteiger partial charge is 0.345 e. The van der Waals surface area contributed by atoms with Crippen molar-refractivity contribution in [2.24, 2.45) is 7.05 Å². The van der Waals surface area contributed by atoms with E-state index in [0.717, 1.165) is 10.0 Å². The third-order valence-electron chi connectivity index (χ3n) is 3.65. The summed E-state index contributed by atoms with van der Waals surface area (Å²) in [6, 6.07) is 10.2. The molecule has 0 radical (unpaired) electrons. The molecule has 2 rings (SSSR count). The predicted octanol–water partition coefficient (Wildman–Crippen LogP) is 3.93. The maximum Gasteiger partial charge on any atom is 0.270 e. The Kier molecular flexibility index (Phi) is 4.33. The van der Waals surface area contributed by atoms with Gasteiger partial charge in [-0.15, -0.1) is 0 Å². The van der Waals surface area contributed by atoms with E-state index in [1.165, 1.54) is 5.56 Å². The minimum atomic E-state index is 0.0197. The van der Waals surface area contributed by atoms with Crippen molar-refractivity contribution in [3.8, 4) is 0 Å². The number of nitrogens with zero attached hydrogens (tertiary/aromatic N) is 2. The van der Waals surface area contributed by atoms with Crippen LogP contribution in [0.4, 0.5) is 0 Å². The van der Waals surface area contributed by atoms with Crippen molar-refractivity contribution in [1.29, 1.82) is 0 Å². The molecule has 0 fully saturated rings. The van der Waals surface area contributed by atoms with Gasteiger partial charge in [-0.05, 0) is 41.4 Å². The first kappa shape index (κ1) is 14.9. The number of aromatic nitrogens is 1. The lowest BCUT2D eigenvalue weighted by Crippen LogP contribution is -2.30. The number of aryl methyl sites for hydroxylation is 2. The van der Waals surface area contributed by atoms with Gasteiger partial charge < -0.3 is 9.47 Å². The van der Waals surface area contributed by atoms with Crippen molar-refractivity contribution >= 4 is 21.8 Å². The van der Waals surface area contributed by atoms with Crippen LogP contribution in [0, 0.1) is 6.92 Å². The number of amides is 1. The van der Waals surface area contributed by atoms with E-state index in [1.807, 2.05) is 37.8 Å². The van der Waals surface area contributed by atoms with Gasteiger partial charge >= 0.3 is 0 Å². The van der Waals surface area contributed by atoms with E-state index in [-0.39, 0.29) is 11.9 Å². The molecule has 0 spiro atoms. The Labute approximate surface area is 128 Å². The summed E-state index contributed by atoms with van der Waals surface area (Å²) in [5.41, 5.74) is 3.04. The molecular weight excluding hydrogens is 316 g/mol. The maximum absolute atomic E-state index is 12.5. The van der Waals surface area contributed by atoms with Crippen LogP contribution in [0.3, 0.4) is 0 Å². The van der Waals surface area contributed by atoms with Gasteiger partial charge in [-0.2, -0.15) is 0 Å². The summed E-state index contributed by atoms with van der Waals surface area (Å²) in [5, 5.41) is 0. The van der Waals surface area contributed by atoms with E-state index in [4.69, 9.17) is 0 Å². The smallest absolute Gasteiger partial charge is 0.270 e. The highest BCUT2D eigenvalue weighted by Gasteiger charge is 2.21. The van der Waals surface area contributed by atoms with Gasteiger partial charge in [-0.25, -0.2) is 0 Å². The zero-order chi connectivity index (χ0) is 14.9. The molecule has 4 heteroatoms. The summed E-state index contributed by atoms with van der Waals surface area (Å²) in [4.78, 5) is 14.3. The first-order valence-electron chi connectivity index (χ1n) is 6.55. The molecule has 1 atom stereocenters. The highest BCUT2D eigenvalue weighted by Crippen LogP contribution is 2.22. The number of benzene rings is 1. The van der Waals surface area contributed by atoms with Crippen molar-refractivity contribution < 1.29 is 4.79 Å². The van der Waals surface area contributed by atoms with Crippen LogP contribution in [0.1, 0.15) is 34.6 Å². The minimum Gasteiger partial charge on any atom is -0.345 e. The van der Waals surface area contributed by atoms with Gasteiger partial charge in [0.05, 0.1) is 6.04 Å². The molecule has 1 aromatic carbocycles.